The van der Waals surface area contributed by atoms with Gasteiger partial charge in [0.2, 0.25) is 5.88 Å². The van der Waals surface area contributed by atoms with Crippen LogP contribution in [0.1, 0.15) is 51.3 Å². The second kappa shape index (κ2) is 8.76. The molecule has 0 aliphatic heterocycles. The molecule has 1 N–H and O–H groups in total. The van der Waals surface area contributed by atoms with Crippen LogP contribution in [-0.4, -0.2) is 19.2 Å². The normalized spacial score (nSPS) is 12.8. The summed E-state index contributed by atoms with van der Waals surface area (Å²) in [6, 6.07) is 7.25. The molecule has 0 saturated carbocycles. The van der Waals surface area contributed by atoms with Gasteiger partial charge in [-0.05, 0) is 65.3 Å². The molecule has 196 valence electrons. The summed E-state index contributed by atoms with van der Waals surface area (Å²) < 4.78 is 50.7. The van der Waals surface area contributed by atoms with Gasteiger partial charge in [0.05, 0.1) is 11.2 Å². The highest BCUT2D eigenvalue weighted by molar-refractivity contribution is 5.96. The topological polar surface area (TPSA) is 69.3 Å². The monoisotopic (exact) mass is 513 g/mol. The number of aliphatic hydroxyl groups is 1. The molecule has 3 heterocycles. The lowest BCUT2D eigenvalue weighted by Gasteiger charge is -2.23. The first-order chi connectivity index (χ1) is 17.0. The molecule has 0 radical (unpaired) electrons. The van der Waals surface area contributed by atoms with Crippen molar-refractivity contribution in [2.75, 3.05) is 0 Å². The van der Waals surface area contributed by atoms with Crippen molar-refractivity contribution in [1.29, 1.82) is 0 Å². The first kappa shape index (κ1) is 26.5. The second-order valence-electron chi connectivity index (χ2n) is 10.8. The number of pyridine rings is 2. The minimum atomic E-state index is -4.64. The van der Waals surface area contributed by atoms with Gasteiger partial charge in [-0.3, -0.25) is 4.79 Å². The predicted octanol–water partition coefficient (Wildman–Crippen LogP) is 6.50. The van der Waals surface area contributed by atoms with E-state index >= 15 is 0 Å². The van der Waals surface area contributed by atoms with E-state index in [4.69, 9.17) is 4.74 Å². The molecular weight excluding hydrogens is 483 g/mol. The van der Waals surface area contributed by atoms with Crippen LogP contribution in [0.5, 0.6) is 11.6 Å². The fourth-order valence-electron chi connectivity index (χ4n) is 4.30. The Labute approximate surface area is 213 Å². The van der Waals surface area contributed by atoms with E-state index < -0.39 is 22.9 Å². The number of halogens is 3. The van der Waals surface area contributed by atoms with Crippen LogP contribution in [0.4, 0.5) is 13.2 Å². The zero-order valence-corrected chi connectivity index (χ0v) is 21.9. The first-order valence-corrected chi connectivity index (χ1v) is 11.8. The molecule has 1 aromatic carbocycles. The van der Waals surface area contributed by atoms with Gasteiger partial charge >= 0.3 is 6.18 Å². The molecule has 6 nitrogen and oxygen atoms in total. The number of fused-ring (bicyclic) bond motifs is 1. The average Bonchev–Trinajstić information content (AvgIpc) is 3.22. The molecule has 0 spiro atoms. The van der Waals surface area contributed by atoms with Crippen LogP contribution >= 0.6 is 0 Å². The summed E-state index contributed by atoms with van der Waals surface area (Å²) in [5.41, 5.74) is -0.758. The third kappa shape index (κ3) is 4.87. The van der Waals surface area contributed by atoms with Crippen LogP contribution in [0.3, 0.4) is 0 Å². The van der Waals surface area contributed by atoms with Gasteiger partial charge < -0.3 is 19.0 Å². The van der Waals surface area contributed by atoms with E-state index in [1.165, 1.54) is 29.8 Å². The van der Waals surface area contributed by atoms with Crippen molar-refractivity contribution >= 4 is 10.9 Å². The van der Waals surface area contributed by atoms with Crippen LogP contribution in [0.2, 0.25) is 0 Å². The molecule has 4 rings (SSSR count). The molecule has 0 amide bonds. The fraction of sp³-hybridized carbons (Fsp3) is 0.357. The fourth-order valence-corrected chi connectivity index (χ4v) is 4.30. The third-order valence-electron chi connectivity index (χ3n) is 6.31. The van der Waals surface area contributed by atoms with E-state index in [1.807, 2.05) is 31.5 Å². The number of aryl methyl sites for hydroxylation is 2. The van der Waals surface area contributed by atoms with Gasteiger partial charge in [-0.1, -0.05) is 12.1 Å². The molecule has 0 fully saturated rings. The van der Waals surface area contributed by atoms with Crippen LogP contribution in [0.15, 0.2) is 53.7 Å². The first-order valence-electron chi connectivity index (χ1n) is 11.8. The zero-order chi connectivity index (χ0) is 27.5. The van der Waals surface area contributed by atoms with Crippen molar-refractivity contribution in [3.63, 3.8) is 0 Å². The maximum absolute atomic E-state index is 13.8. The average molecular weight is 514 g/mol. The van der Waals surface area contributed by atoms with E-state index in [9.17, 15) is 23.1 Å². The summed E-state index contributed by atoms with van der Waals surface area (Å²) in [7, 11) is 1.61. The molecule has 0 atom stereocenters. The van der Waals surface area contributed by atoms with Crippen molar-refractivity contribution < 1.29 is 23.0 Å². The number of aromatic nitrogens is 3. The van der Waals surface area contributed by atoms with Crippen LogP contribution < -0.4 is 10.3 Å². The standard InChI is InChI=1S/C28H30F3N3O3/c1-16-9-8-10-21(28(29,30)31)23(16)37-24-19(13-17(14-32-24)27(5,6)36)20-15-33(7)25(35)22-18(20)11-12-34(22)26(2,3)4/h8-15,36H,1-7H3. The molecule has 0 aliphatic carbocycles. The van der Waals surface area contributed by atoms with E-state index in [1.54, 1.807) is 39.2 Å². The Morgan fingerprint density at radius 1 is 1.03 bits per heavy atom. The number of hydrogen-bond acceptors (Lipinski definition) is 4. The molecule has 9 heteroatoms. The van der Waals surface area contributed by atoms with E-state index in [2.05, 4.69) is 4.98 Å². The van der Waals surface area contributed by atoms with Crippen LogP contribution in [0.25, 0.3) is 22.0 Å². The number of alkyl halides is 3. The Morgan fingerprint density at radius 3 is 2.30 bits per heavy atom. The zero-order valence-electron chi connectivity index (χ0n) is 21.9. The lowest BCUT2D eigenvalue weighted by atomic mass is 9.96. The molecule has 0 saturated heterocycles. The van der Waals surface area contributed by atoms with Gasteiger partial charge in [0.25, 0.3) is 5.56 Å². The number of para-hydroxylation sites is 1. The number of hydrogen-bond donors (Lipinski definition) is 1. The van der Waals surface area contributed by atoms with Crippen LogP contribution in [0, 0.1) is 6.92 Å². The van der Waals surface area contributed by atoms with Gasteiger partial charge in [-0.2, -0.15) is 13.2 Å². The summed E-state index contributed by atoms with van der Waals surface area (Å²) in [6.45, 7) is 10.6. The van der Waals surface area contributed by atoms with Crippen molar-refractivity contribution in [2.45, 2.75) is 58.9 Å². The van der Waals surface area contributed by atoms with Gasteiger partial charge in [0, 0.05) is 53.3 Å². The SMILES string of the molecule is Cc1cccc(C(F)(F)F)c1Oc1ncc(C(C)(C)O)cc1-c1cn(C)c(=O)c2c1ccn2C(C)(C)C. The third-order valence-corrected chi connectivity index (χ3v) is 6.31. The minimum absolute atomic E-state index is 0.0729. The lowest BCUT2D eigenvalue weighted by Crippen LogP contribution is -2.26. The quantitative estimate of drug-likeness (QED) is 0.338. The summed E-state index contributed by atoms with van der Waals surface area (Å²) in [5.74, 6) is -0.427. The van der Waals surface area contributed by atoms with Crippen molar-refractivity contribution in [3.05, 3.63) is 76.0 Å². The lowest BCUT2D eigenvalue weighted by molar-refractivity contribution is -0.138. The molecule has 0 aliphatic rings. The highest BCUT2D eigenvalue weighted by Gasteiger charge is 2.36. The van der Waals surface area contributed by atoms with E-state index in [0.29, 0.717) is 33.2 Å². The predicted molar refractivity (Wildman–Crippen MR) is 137 cm³/mol. The minimum Gasteiger partial charge on any atom is -0.437 e. The molecule has 0 bridgehead atoms. The Morgan fingerprint density at radius 2 is 1.70 bits per heavy atom. The maximum atomic E-state index is 13.8. The highest BCUT2D eigenvalue weighted by atomic mass is 19.4. The van der Waals surface area contributed by atoms with E-state index in [0.717, 1.165) is 6.07 Å². The Balaban J connectivity index is 2.05. The Kier molecular flexibility index (Phi) is 6.27. The maximum Gasteiger partial charge on any atom is 0.419 e. The summed E-state index contributed by atoms with van der Waals surface area (Å²) >= 11 is 0. The van der Waals surface area contributed by atoms with Gasteiger partial charge in [0.15, 0.2) is 0 Å². The van der Waals surface area contributed by atoms with Crippen molar-refractivity contribution in [1.82, 2.24) is 14.1 Å². The summed E-state index contributed by atoms with van der Waals surface area (Å²) in [5, 5.41) is 11.3. The van der Waals surface area contributed by atoms with Crippen LogP contribution in [-0.2, 0) is 24.4 Å². The molecule has 37 heavy (non-hydrogen) atoms. The second-order valence-corrected chi connectivity index (χ2v) is 10.8. The van der Waals surface area contributed by atoms with Gasteiger partial charge in [0.1, 0.15) is 11.3 Å². The number of benzene rings is 1. The molecule has 3 aromatic heterocycles. The summed E-state index contributed by atoms with van der Waals surface area (Å²) in [6.07, 6.45) is 0.164. The summed E-state index contributed by atoms with van der Waals surface area (Å²) in [4.78, 5) is 17.5. The van der Waals surface area contributed by atoms with E-state index in [-0.39, 0.29) is 17.2 Å². The number of rotatable bonds is 4. The van der Waals surface area contributed by atoms with Crippen molar-refractivity contribution in [2.24, 2.45) is 7.05 Å². The van der Waals surface area contributed by atoms with Gasteiger partial charge in [-0.15, -0.1) is 0 Å². The largest absolute Gasteiger partial charge is 0.437 e. The Bertz CT molecular complexity index is 1550. The number of nitrogens with zero attached hydrogens (tertiary/aromatic N) is 3. The van der Waals surface area contributed by atoms with Gasteiger partial charge in [-0.25, -0.2) is 4.98 Å². The Hall–Kier alpha value is -3.59. The smallest absolute Gasteiger partial charge is 0.419 e. The number of ether oxygens (including phenoxy) is 1. The van der Waals surface area contributed by atoms with Crippen molar-refractivity contribution in [3.8, 4) is 22.8 Å². The molecule has 0 unspecified atom stereocenters. The molecule has 4 aromatic rings. The molecular formula is C28H30F3N3O3. The highest BCUT2D eigenvalue weighted by Crippen LogP contribution is 2.43.